The van der Waals surface area contributed by atoms with Crippen molar-refractivity contribution in [2.24, 2.45) is 0 Å². The zero-order valence-corrected chi connectivity index (χ0v) is 11.5. The molecule has 0 saturated heterocycles. The van der Waals surface area contributed by atoms with Gasteiger partial charge in [0.15, 0.2) is 5.78 Å². The van der Waals surface area contributed by atoms with Crippen LogP contribution in [0, 0.1) is 6.92 Å². The summed E-state index contributed by atoms with van der Waals surface area (Å²) in [5, 5.41) is 9.91. The minimum Gasteiger partial charge on any atom is -0.507 e. The first kappa shape index (κ1) is 13.7. The number of H-pyrrole nitrogens is 2. The minimum atomic E-state index is -0.666. The number of fused-ring (bicyclic) bond motifs is 1. The summed E-state index contributed by atoms with van der Waals surface area (Å²) in [6, 6.07) is 6.00. The lowest BCUT2D eigenvalue weighted by Gasteiger charge is -2.05. The quantitative estimate of drug-likeness (QED) is 0.607. The molecule has 22 heavy (non-hydrogen) atoms. The molecule has 0 aliphatic rings. The second kappa shape index (κ2) is 4.96. The van der Waals surface area contributed by atoms with Crippen LogP contribution < -0.4 is 11.2 Å². The van der Waals surface area contributed by atoms with Crippen LogP contribution in [0.5, 0.6) is 5.75 Å². The van der Waals surface area contributed by atoms with Crippen molar-refractivity contribution in [3.05, 3.63) is 68.0 Å². The number of aromatic nitrogens is 3. The number of aromatic amines is 2. The van der Waals surface area contributed by atoms with E-state index in [-0.39, 0.29) is 27.9 Å². The van der Waals surface area contributed by atoms with Crippen LogP contribution in [0.2, 0.25) is 0 Å². The number of hydrogen-bond acceptors (Lipinski definition) is 5. The zero-order valence-electron chi connectivity index (χ0n) is 11.5. The number of nitrogens with zero attached hydrogens (tertiary/aromatic N) is 1. The molecule has 3 rings (SSSR count). The Morgan fingerprint density at radius 1 is 1.18 bits per heavy atom. The average molecular weight is 297 g/mol. The number of nitrogens with one attached hydrogen (secondary N) is 2. The summed E-state index contributed by atoms with van der Waals surface area (Å²) < 4.78 is 0. The van der Waals surface area contributed by atoms with Gasteiger partial charge in [-0.1, -0.05) is 11.6 Å². The summed E-state index contributed by atoms with van der Waals surface area (Å²) in [6.45, 7) is 1.80. The number of phenolic OH excluding ortho intramolecular Hbond substituents is 1. The van der Waals surface area contributed by atoms with E-state index in [2.05, 4.69) is 15.0 Å². The third-order valence-electron chi connectivity index (χ3n) is 3.25. The Morgan fingerprint density at radius 3 is 2.73 bits per heavy atom. The Kier molecular flexibility index (Phi) is 3.10. The summed E-state index contributed by atoms with van der Waals surface area (Å²) in [4.78, 5) is 43.8. The normalized spacial score (nSPS) is 10.8. The maximum absolute atomic E-state index is 12.5. The SMILES string of the molecule is Cc1ccc(O)c(C(=O)c2cnc3[nH]c(=O)[nH]c(=O)c3c2)c1. The van der Waals surface area contributed by atoms with E-state index >= 15 is 0 Å². The highest BCUT2D eigenvalue weighted by Crippen LogP contribution is 2.22. The van der Waals surface area contributed by atoms with E-state index in [0.29, 0.717) is 0 Å². The van der Waals surface area contributed by atoms with Crippen molar-refractivity contribution in [1.29, 1.82) is 0 Å². The Bertz CT molecular complexity index is 1020. The minimum absolute atomic E-state index is 0.0950. The first-order valence-corrected chi connectivity index (χ1v) is 6.42. The number of benzene rings is 1. The topological polar surface area (TPSA) is 116 Å². The van der Waals surface area contributed by atoms with Gasteiger partial charge in [-0.2, -0.15) is 0 Å². The van der Waals surface area contributed by atoms with Crippen molar-refractivity contribution in [1.82, 2.24) is 15.0 Å². The Labute approximate surface area is 123 Å². The van der Waals surface area contributed by atoms with Gasteiger partial charge in [-0.3, -0.25) is 19.6 Å². The largest absolute Gasteiger partial charge is 0.507 e. The van der Waals surface area contributed by atoms with Gasteiger partial charge in [-0.15, -0.1) is 0 Å². The molecule has 3 aromatic rings. The maximum Gasteiger partial charge on any atom is 0.327 e. The van der Waals surface area contributed by atoms with E-state index in [1.165, 1.54) is 18.3 Å². The van der Waals surface area contributed by atoms with E-state index in [1.807, 2.05) is 0 Å². The molecule has 0 spiro atoms. The van der Waals surface area contributed by atoms with Crippen LogP contribution in [0.25, 0.3) is 11.0 Å². The first-order valence-electron chi connectivity index (χ1n) is 6.42. The van der Waals surface area contributed by atoms with E-state index in [9.17, 15) is 19.5 Å². The molecule has 1 aromatic carbocycles. The van der Waals surface area contributed by atoms with Crippen LogP contribution in [0.1, 0.15) is 21.5 Å². The Balaban J connectivity index is 2.18. The van der Waals surface area contributed by atoms with Gasteiger partial charge in [-0.05, 0) is 25.1 Å². The number of phenols is 1. The van der Waals surface area contributed by atoms with Gasteiger partial charge in [0.25, 0.3) is 5.56 Å². The molecular weight excluding hydrogens is 286 g/mol. The maximum atomic E-state index is 12.5. The lowest BCUT2D eigenvalue weighted by molar-refractivity contribution is 0.103. The number of rotatable bonds is 2. The molecule has 0 atom stereocenters. The van der Waals surface area contributed by atoms with Crippen molar-refractivity contribution in [2.75, 3.05) is 0 Å². The molecule has 0 aliphatic carbocycles. The van der Waals surface area contributed by atoms with Gasteiger partial charge in [0.05, 0.1) is 10.9 Å². The predicted octanol–water partition coefficient (Wildman–Crippen LogP) is 0.856. The monoisotopic (exact) mass is 297 g/mol. The highest BCUT2D eigenvalue weighted by molar-refractivity contribution is 6.11. The molecule has 7 heteroatoms. The van der Waals surface area contributed by atoms with Gasteiger partial charge in [0.1, 0.15) is 11.4 Å². The summed E-state index contributed by atoms with van der Waals surface area (Å²) in [5.41, 5.74) is -0.112. The third kappa shape index (κ3) is 2.28. The fourth-order valence-corrected chi connectivity index (χ4v) is 2.16. The molecule has 0 amide bonds. The summed E-state index contributed by atoms with van der Waals surface area (Å²) in [7, 11) is 0. The fraction of sp³-hybridized carbons (Fsp3) is 0.0667. The van der Waals surface area contributed by atoms with Crippen molar-refractivity contribution >= 4 is 16.8 Å². The van der Waals surface area contributed by atoms with Crippen LogP contribution in [0.4, 0.5) is 0 Å². The molecule has 0 fully saturated rings. The number of ketones is 1. The van der Waals surface area contributed by atoms with E-state index in [0.717, 1.165) is 5.56 Å². The highest BCUT2D eigenvalue weighted by atomic mass is 16.3. The summed E-state index contributed by atoms with van der Waals surface area (Å²) >= 11 is 0. The molecule has 0 radical (unpaired) electrons. The van der Waals surface area contributed by atoms with Gasteiger partial charge in [0, 0.05) is 11.8 Å². The second-order valence-electron chi connectivity index (χ2n) is 4.88. The molecule has 0 bridgehead atoms. The molecular formula is C15H11N3O4. The average Bonchev–Trinajstić information content (AvgIpc) is 2.48. The molecule has 0 saturated carbocycles. The molecule has 2 heterocycles. The fourth-order valence-electron chi connectivity index (χ4n) is 2.16. The van der Waals surface area contributed by atoms with Crippen LogP contribution in [-0.4, -0.2) is 25.8 Å². The third-order valence-corrected chi connectivity index (χ3v) is 3.25. The smallest absolute Gasteiger partial charge is 0.327 e. The van der Waals surface area contributed by atoms with Gasteiger partial charge in [0.2, 0.25) is 0 Å². The second-order valence-corrected chi connectivity index (χ2v) is 4.88. The lowest BCUT2D eigenvalue weighted by Crippen LogP contribution is -2.22. The molecule has 2 aromatic heterocycles. The van der Waals surface area contributed by atoms with Gasteiger partial charge >= 0.3 is 5.69 Å². The number of aromatic hydroxyl groups is 1. The molecule has 0 unspecified atom stereocenters. The van der Waals surface area contributed by atoms with Gasteiger partial charge in [-0.25, -0.2) is 9.78 Å². The molecule has 7 nitrogen and oxygen atoms in total. The summed E-state index contributed by atoms with van der Waals surface area (Å²) in [6.07, 6.45) is 1.25. The molecule has 3 N–H and O–H groups in total. The van der Waals surface area contributed by atoms with E-state index in [1.54, 1.807) is 19.1 Å². The van der Waals surface area contributed by atoms with E-state index in [4.69, 9.17) is 0 Å². The van der Waals surface area contributed by atoms with E-state index < -0.39 is 17.0 Å². The van der Waals surface area contributed by atoms with Crippen LogP contribution in [-0.2, 0) is 0 Å². The zero-order chi connectivity index (χ0) is 15.9. The van der Waals surface area contributed by atoms with Crippen molar-refractivity contribution in [3.63, 3.8) is 0 Å². The number of carbonyl (C=O) groups excluding carboxylic acids is 1. The Morgan fingerprint density at radius 2 is 1.95 bits per heavy atom. The molecule has 110 valence electrons. The summed E-state index contributed by atoms with van der Waals surface area (Å²) in [5.74, 6) is -0.604. The molecule has 0 aliphatic heterocycles. The number of pyridine rings is 1. The van der Waals surface area contributed by atoms with Crippen molar-refractivity contribution < 1.29 is 9.90 Å². The Hall–Kier alpha value is -3.22. The van der Waals surface area contributed by atoms with Crippen LogP contribution >= 0.6 is 0 Å². The number of hydrogen-bond donors (Lipinski definition) is 3. The first-order chi connectivity index (χ1) is 10.5. The van der Waals surface area contributed by atoms with Crippen LogP contribution in [0.15, 0.2) is 40.1 Å². The van der Waals surface area contributed by atoms with Crippen molar-refractivity contribution in [2.45, 2.75) is 6.92 Å². The van der Waals surface area contributed by atoms with Crippen molar-refractivity contribution in [3.8, 4) is 5.75 Å². The number of carbonyl (C=O) groups is 1. The lowest BCUT2D eigenvalue weighted by atomic mass is 10.0. The standard InChI is InChI=1S/C15H11N3O4/c1-7-2-3-11(19)9(4-7)12(20)8-5-10-13(16-6-8)17-15(22)18-14(10)21/h2-6,19H,1H3,(H2,16,17,18,21,22). The van der Waals surface area contributed by atoms with Crippen LogP contribution in [0.3, 0.4) is 0 Å². The number of aryl methyl sites for hydroxylation is 1. The highest BCUT2D eigenvalue weighted by Gasteiger charge is 2.15. The predicted molar refractivity (Wildman–Crippen MR) is 79.3 cm³/mol. The van der Waals surface area contributed by atoms with Gasteiger partial charge < -0.3 is 5.11 Å².